The monoisotopic (exact) mass is 447 g/mol. The Morgan fingerprint density at radius 1 is 1.09 bits per heavy atom. The number of benzene rings is 2. The summed E-state index contributed by atoms with van der Waals surface area (Å²) in [6.07, 6.45) is 1.49. The van der Waals surface area contributed by atoms with Gasteiger partial charge in [-0.1, -0.05) is 57.2 Å². The Morgan fingerprint density at radius 2 is 1.79 bits per heavy atom. The summed E-state index contributed by atoms with van der Waals surface area (Å²) in [6, 6.07) is 14.4. The van der Waals surface area contributed by atoms with Crippen LogP contribution >= 0.6 is 0 Å². The highest BCUT2D eigenvalue weighted by Gasteiger charge is 2.46. The van der Waals surface area contributed by atoms with Crippen LogP contribution in [0.3, 0.4) is 0 Å². The van der Waals surface area contributed by atoms with Crippen LogP contribution in [0.1, 0.15) is 54.8 Å². The molecule has 1 aliphatic heterocycles. The molecule has 5 nitrogen and oxygen atoms in total. The number of rotatable bonds is 4. The number of hydrogen-bond acceptors (Lipinski definition) is 4. The molecule has 1 saturated heterocycles. The molecule has 1 aromatic heterocycles. The predicted molar refractivity (Wildman–Crippen MR) is 123 cm³/mol. The molecule has 4 rings (SSSR count). The van der Waals surface area contributed by atoms with E-state index in [2.05, 4.69) is 20.8 Å². The number of ketones is 1. The summed E-state index contributed by atoms with van der Waals surface area (Å²) in [6.45, 7) is 7.95. The normalized spacial score (nSPS) is 18.2. The molecular weight excluding hydrogens is 421 g/mol. The van der Waals surface area contributed by atoms with Crippen molar-refractivity contribution in [2.24, 2.45) is 0 Å². The molecule has 0 radical (unpaired) electrons. The van der Waals surface area contributed by atoms with Crippen LogP contribution in [0.25, 0.3) is 5.76 Å². The summed E-state index contributed by atoms with van der Waals surface area (Å²) in [7, 11) is 0. The Labute approximate surface area is 192 Å². The molecule has 0 aliphatic carbocycles. The van der Waals surface area contributed by atoms with E-state index in [1.807, 2.05) is 24.3 Å². The predicted octanol–water partition coefficient (Wildman–Crippen LogP) is 5.65. The molecule has 33 heavy (non-hydrogen) atoms. The van der Waals surface area contributed by atoms with E-state index in [-0.39, 0.29) is 23.1 Å². The van der Waals surface area contributed by atoms with E-state index >= 15 is 0 Å². The standard InChI is InChI=1S/C27H26FNO4/c1-16-7-8-18(14-21(16)28)24(30)22-23(17-9-11-19(12-10-17)27(2,3)4)29(26(32)25(22)31)15-20-6-5-13-33-20/h5-14,23,30H,15H2,1-4H3. The highest BCUT2D eigenvalue weighted by Crippen LogP contribution is 2.41. The maximum absolute atomic E-state index is 14.2. The zero-order valence-corrected chi connectivity index (χ0v) is 19.1. The number of carbonyl (C=O) groups is 2. The number of hydrogen-bond donors (Lipinski definition) is 1. The highest BCUT2D eigenvalue weighted by molar-refractivity contribution is 6.46. The molecule has 0 saturated carbocycles. The minimum absolute atomic E-state index is 0.0578. The van der Waals surface area contributed by atoms with Crippen molar-refractivity contribution in [1.82, 2.24) is 4.90 Å². The van der Waals surface area contributed by atoms with Crippen LogP contribution in [-0.4, -0.2) is 21.7 Å². The molecule has 6 heteroatoms. The van der Waals surface area contributed by atoms with Crippen molar-refractivity contribution < 1.29 is 23.5 Å². The van der Waals surface area contributed by atoms with E-state index in [9.17, 15) is 19.1 Å². The number of likely N-dealkylation sites (tertiary alicyclic amines) is 1. The number of Topliss-reactive ketones (excluding diaryl/α,β-unsaturated/α-hetero) is 1. The van der Waals surface area contributed by atoms with Gasteiger partial charge in [0.2, 0.25) is 0 Å². The topological polar surface area (TPSA) is 70.8 Å². The van der Waals surface area contributed by atoms with Gasteiger partial charge in [0.05, 0.1) is 24.4 Å². The molecule has 1 N–H and O–H groups in total. The number of aliphatic hydroxyl groups is 1. The first kappa shape index (κ1) is 22.5. The van der Waals surface area contributed by atoms with Gasteiger partial charge in [-0.2, -0.15) is 0 Å². The summed E-state index contributed by atoms with van der Waals surface area (Å²) in [5.74, 6) is -1.96. The maximum Gasteiger partial charge on any atom is 0.296 e. The third kappa shape index (κ3) is 4.21. The Morgan fingerprint density at radius 3 is 2.36 bits per heavy atom. The third-order valence-electron chi connectivity index (χ3n) is 5.98. The van der Waals surface area contributed by atoms with Crippen LogP contribution in [0.5, 0.6) is 0 Å². The molecule has 1 unspecified atom stereocenters. The van der Waals surface area contributed by atoms with Gasteiger partial charge in [-0.25, -0.2) is 4.39 Å². The molecule has 1 atom stereocenters. The fourth-order valence-electron chi connectivity index (χ4n) is 4.02. The smallest absolute Gasteiger partial charge is 0.296 e. The zero-order chi connectivity index (χ0) is 23.9. The van der Waals surface area contributed by atoms with Gasteiger partial charge in [-0.3, -0.25) is 9.59 Å². The lowest BCUT2D eigenvalue weighted by Gasteiger charge is -2.26. The van der Waals surface area contributed by atoms with Crippen LogP contribution in [-0.2, 0) is 21.5 Å². The van der Waals surface area contributed by atoms with Crippen molar-refractivity contribution in [2.75, 3.05) is 0 Å². The molecule has 2 aromatic carbocycles. The largest absolute Gasteiger partial charge is 0.507 e. The van der Waals surface area contributed by atoms with Gasteiger partial charge in [-0.05, 0) is 47.2 Å². The summed E-state index contributed by atoms with van der Waals surface area (Å²) in [5.41, 5.74) is 2.18. The summed E-state index contributed by atoms with van der Waals surface area (Å²) >= 11 is 0. The fraction of sp³-hybridized carbons (Fsp3) is 0.259. The second kappa shape index (κ2) is 8.35. The Hall–Kier alpha value is -3.67. The average molecular weight is 448 g/mol. The third-order valence-corrected chi connectivity index (χ3v) is 5.98. The molecule has 0 spiro atoms. The van der Waals surface area contributed by atoms with Gasteiger partial charge in [-0.15, -0.1) is 0 Å². The number of carbonyl (C=O) groups excluding carboxylic acids is 2. The molecule has 2 heterocycles. The lowest BCUT2D eigenvalue weighted by atomic mass is 9.85. The molecule has 3 aromatic rings. The second-order valence-corrected chi connectivity index (χ2v) is 9.34. The Bertz CT molecular complexity index is 1230. The Kier molecular flexibility index (Phi) is 5.70. The molecule has 0 bridgehead atoms. The molecule has 170 valence electrons. The van der Waals surface area contributed by atoms with Crippen molar-refractivity contribution in [3.8, 4) is 0 Å². The summed E-state index contributed by atoms with van der Waals surface area (Å²) in [5, 5.41) is 11.1. The minimum atomic E-state index is -0.839. The average Bonchev–Trinajstić information content (AvgIpc) is 3.37. The van der Waals surface area contributed by atoms with Gasteiger partial charge in [0.15, 0.2) is 0 Å². The second-order valence-electron chi connectivity index (χ2n) is 9.34. The number of nitrogens with zero attached hydrogens (tertiary/aromatic N) is 1. The van der Waals surface area contributed by atoms with Gasteiger partial charge in [0.1, 0.15) is 17.3 Å². The highest BCUT2D eigenvalue weighted by atomic mass is 19.1. The van der Waals surface area contributed by atoms with E-state index in [1.165, 1.54) is 29.4 Å². The van der Waals surface area contributed by atoms with Gasteiger partial charge < -0.3 is 14.4 Å². The van der Waals surface area contributed by atoms with Crippen molar-refractivity contribution in [3.05, 3.63) is 100 Å². The number of halogens is 1. The zero-order valence-electron chi connectivity index (χ0n) is 19.1. The summed E-state index contributed by atoms with van der Waals surface area (Å²) in [4.78, 5) is 27.5. The number of furan rings is 1. The lowest BCUT2D eigenvalue weighted by molar-refractivity contribution is -0.140. The van der Waals surface area contributed by atoms with Crippen LogP contribution < -0.4 is 0 Å². The van der Waals surface area contributed by atoms with Crippen molar-refractivity contribution in [3.63, 3.8) is 0 Å². The van der Waals surface area contributed by atoms with E-state index in [4.69, 9.17) is 4.42 Å². The maximum atomic E-state index is 14.2. The van der Waals surface area contributed by atoms with Crippen LogP contribution in [0.2, 0.25) is 0 Å². The minimum Gasteiger partial charge on any atom is -0.507 e. The van der Waals surface area contributed by atoms with Gasteiger partial charge in [0.25, 0.3) is 11.7 Å². The van der Waals surface area contributed by atoms with Crippen LogP contribution in [0.15, 0.2) is 70.9 Å². The van der Waals surface area contributed by atoms with Crippen molar-refractivity contribution >= 4 is 17.4 Å². The number of aliphatic hydroxyl groups excluding tert-OH is 1. The molecule has 1 amide bonds. The molecular formula is C27H26FNO4. The van der Waals surface area contributed by atoms with Crippen LogP contribution in [0.4, 0.5) is 4.39 Å². The van der Waals surface area contributed by atoms with Gasteiger partial charge >= 0.3 is 0 Å². The Balaban J connectivity index is 1.86. The van der Waals surface area contributed by atoms with Crippen LogP contribution in [0, 0.1) is 12.7 Å². The van der Waals surface area contributed by atoms with E-state index < -0.39 is 29.3 Å². The lowest BCUT2D eigenvalue weighted by Crippen LogP contribution is -2.29. The van der Waals surface area contributed by atoms with Gasteiger partial charge in [0, 0.05) is 5.56 Å². The van der Waals surface area contributed by atoms with E-state index in [1.54, 1.807) is 19.1 Å². The SMILES string of the molecule is Cc1ccc(C(O)=C2C(=O)C(=O)N(Cc3ccco3)C2c2ccc(C(C)(C)C)cc2)cc1F. The van der Waals surface area contributed by atoms with Crippen molar-refractivity contribution in [1.29, 1.82) is 0 Å². The summed E-state index contributed by atoms with van der Waals surface area (Å²) < 4.78 is 19.6. The van der Waals surface area contributed by atoms with E-state index in [0.29, 0.717) is 16.9 Å². The fourth-order valence-corrected chi connectivity index (χ4v) is 4.02. The van der Waals surface area contributed by atoms with Crippen molar-refractivity contribution in [2.45, 2.75) is 45.7 Å². The quantitative estimate of drug-likeness (QED) is 0.319. The van der Waals surface area contributed by atoms with E-state index in [0.717, 1.165) is 5.56 Å². The molecule has 1 aliphatic rings. The first-order valence-corrected chi connectivity index (χ1v) is 10.8. The first-order chi connectivity index (χ1) is 15.6. The number of aryl methyl sites for hydroxylation is 1. The first-order valence-electron chi connectivity index (χ1n) is 10.8. The number of amides is 1. The molecule has 1 fully saturated rings.